The van der Waals surface area contributed by atoms with Gasteiger partial charge in [0.1, 0.15) is 17.6 Å². The van der Waals surface area contributed by atoms with Crippen LogP contribution in [0, 0.1) is 17.2 Å². The molecule has 0 aromatic carbocycles. The van der Waals surface area contributed by atoms with Gasteiger partial charge in [-0.1, -0.05) is 6.07 Å². The fourth-order valence-electron chi connectivity index (χ4n) is 2.79. The lowest BCUT2D eigenvalue weighted by atomic mass is 9.96. The van der Waals surface area contributed by atoms with Gasteiger partial charge < -0.3 is 14.5 Å². The van der Waals surface area contributed by atoms with E-state index < -0.39 is 0 Å². The molecule has 0 spiro atoms. The number of likely N-dealkylation sites (tertiary alicyclic amines) is 1. The first-order chi connectivity index (χ1) is 10.2. The number of piperidine rings is 1. The van der Waals surface area contributed by atoms with Crippen LogP contribution in [0.1, 0.15) is 18.5 Å². The van der Waals surface area contributed by atoms with Gasteiger partial charge in [0.05, 0.1) is 6.61 Å². The van der Waals surface area contributed by atoms with Gasteiger partial charge in [-0.25, -0.2) is 4.98 Å². The van der Waals surface area contributed by atoms with Crippen LogP contribution >= 0.6 is 0 Å². The second-order valence-corrected chi connectivity index (χ2v) is 5.65. The monoisotopic (exact) mass is 288 g/mol. The highest BCUT2D eigenvalue weighted by Gasteiger charge is 2.20. The highest BCUT2D eigenvalue weighted by atomic mass is 16.5. The van der Waals surface area contributed by atoms with Crippen molar-refractivity contribution in [2.24, 2.45) is 5.92 Å². The van der Waals surface area contributed by atoms with E-state index in [1.165, 1.54) is 12.8 Å². The van der Waals surface area contributed by atoms with Crippen molar-refractivity contribution in [2.45, 2.75) is 12.8 Å². The largest absolute Gasteiger partial charge is 0.383 e. The Bertz CT molecular complexity index is 477. The van der Waals surface area contributed by atoms with Crippen molar-refractivity contribution in [1.29, 1.82) is 5.26 Å². The summed E-state index contributed by atoms with van der Waals surface area (Å²) < 4.78 is 5.13. The third-order valence-electron chi connectivity index (χ3n) is 4.09. The van der Waals surface area contributed by atoms with Gasteiger partial charge in [0.15, 0.2) is 0 Å². The third kappa shape index (κ3) is 4.69. The minimum atomic E-state index is 0.480. The molecule has 0 aliphatic carbocycles. The van der Waals surface area contributed by atoms with Crippen LogP contribution in [0.15, 0.2) is 18.2 Å². The topological polar surface area (TPSA) is 52.4 Å². The maximum absolute atomic E-state index is 8.92. The normalized spacial score (nSPS) is 16.6. The number of ether oxygens (including phenoxy) is 1. The van der Waals surface area contributed by atoms with Crippen molar-refractivity contribution >= 4 is 5.82 Å². The number of aromatic nitrogens is 1. The van der Waals surface area contributed by atoms with Crippen LogP contribution in [0.3, 0.4) is 0 Å². The Morgan fingerprint density at radius 3 is 2.86 bits per heavy atom. The zero-order chi connectivity index (χ0) is 15.1. The molecular formula is C16H24N4O. The molecule has 0 radical (unpaired) electrons. The van der Waals surface area contributed by atoms with Crippen molar-refractivity contribution in [2.75, 3.05) is 51.8 Å². The summed E-state index contributed by atoms with van der Waals surface area (Å²) in [5, 5.41) is 8.92. The van der Waals surface area contributed by atoms with Crippen LogP contribution in [-0.4, -0.2) is 56.8 Å². The van der Waals surface area contributed by atoms with E-state index in [0.717, 1.165) is 38.6 Å². The summed E-state index contributed by atoms with van der Waals surface area (Å²) in [4.78, 5) is 8.98. The van der Waals surface area contributed by atoms with E-state index in [4.69, 9.17) is 10.00 Å². The summed E-state index contributed by atoms with van der Waals surface area (Å²) in [6.07, 6.45) is 2.43. The molecule has 0 bridgehead atoms. The molecule has 0 saturated carbocycles. The number of rotatable bonds is 6. The van der Waals surface area contributed by atoms with E-state index in [9.17, 15) is 0 Å². The minimum Gasteiger partial charge on any atom is -0.383 e. The summed E-state index contributed by atoms with van der Waals surface area (Å²) >= 11 is 0. The molecule has 5 heteroatoms. The molecule has 0 atom stereocenters. The van der Waals surface area contributed by atoms with Gasteiger partial charge in [-0.15, -0.1) is 0 Å². The predicted molar refractivity (Wildman–Crippen MR) is 83.3 cm³/mol. The molecule has 2 heterocycles. The summed E-state index contributed by atoms with van der Waals surface area (Å²) in [7, 11) is 3.81. The Hall–Kier alpha value is -1.64. The first-order valence-electron chi connectivity index (χ1n) is 7.52. The average Bonchev–Trinajstić information content (AvgIpc) is 2.54. The Balaban J connectivity index is 1.81. The molecule has 1 fully saturated rings. The average molecular weight is 288 g/mol. The van der Waals surface area contributed by atoms with Crippen LogP contribution < -0.4 is 4.90 Å². The summed E-state index contributed by atoms with van der Waals surface area (Å²) in [6.45, 7) is 5.14. The molecular weight excluding hydrogens is 264 g/mol. The number of hydrogen-bond acceptors (Lipinski definition) is 5. The van der Waals surface area contributed by atoms with E-state index in [1.54, 1.807) is 13.2 Å². The van der Waals surface area contributed by atoms with Gasteiger partial charge in [-0.2, -0.15) is 5.26 Å². The van der Waals surface area contributed by atoms with Gasteiger partial charge in [-0.05, 0) is 44.0 Å². The minimum absolute atomic E-state index is 0.480. The van der Waals surface area contributed by atoms with Gasteiger partial charge in [0.25, 0.3) is 0 Å². The molecule has 114 valence electrons. The lowest BCUT2D eigenvalue weighted by Crippen LogP contribution is -2.39. The molecule has 1 aromatic heterocycles. The van der Waals surface area contributed by atoms with Gasteiger partial charge >= 0.3 is 0 Å². The maximum atomic E-state index is 8.92. The van der Waals surface area contributed by atoms with Gasteiger partial charge in [0, 0.05) is 27.2 Å². The maximum Gasteiger partial charge on any atom is 0.142 e. The SMILES string of the molecule is COCCN1CCC(CN(C)c2cccc(C#N)n2)CC1. The number of hydrogen-bond donors (Lipinski definition) is 0. The molecule has 1 aromatic rings. The molecule has 2 rings (SSSR count). The Labute approximate surface area is 127 Å². The second-order valence-electron chi connectivity index (χ2n) is 5.65. The van der Waals surface area contributed by atoms with Crippen LogP contribution in [0.4, 0.5) is 5.82 Å². The Morgan fingerprint density at radius 2 is 2.19 bits per heavy atom. The highest BCUT2D eigenvalue weighted by Crippen LogP contribution is 2.20. The summed E-state index contributed by atoms with van der Waals surface area (Å²) in [5.41, 5.74) is 0.480. The van der Waals surface area contributed by atoms with E-state index >= 15 is 0 Å². The Morgan fingerprint density at radius 1 is 1.43 bits per heavy atom. The van der Waals surface area contributed by atoms with Crippen molar-refractivity contribution in [1.82, 2.24) is 9.88 Å². The van der Waals surface area contributed by atoms with Crippen molar-refractivity contribution < 1.29 is 4.74 Å². The van der Waals surface area contributed by atoms with Crippen LogP contribution in [0.25, 0.3) is 0 Å². The molecule has 5 nitrogen and oxygen atoms in total. The first-order valence-corrected chi connectivity index (χ1v) is 7.52. The van der Waals surface area contributed by atoms with Crippen LogP contribution in [-0.2, 0) is 4.74 Å². The van der Waals surface area contributed by atoms with Gasteiger partial charge in [-0.3, -0.25) is 0 Å². The predicted octanol–water partition coefficient (Wildman–Crippen LogP) is 1.75. The third-order valence-corrected chi connectivity index (χ3v) is 4.09. The molecule has 0 amide bonds. The van der Waals surface area contributed by atoms with Crippen molar-refractivity contribution in [3.63, 3.8) is 0 Å². The summed E-state index contributed by atoms with van der Waals surface area (Å²) in [6, 6.07) is 7.70. The fraction of sp³-hybridized carbons (Fsp3) is 0.625. The molecule has 1 saturated heterocycles. The molecule has 1 aliphatic rings. The molecule has 1 aliphatic heterocycles. The van der Waals surface area contributed by atoms with E-state index in [0.29, 0.717) is 11.6 Å². The lowest BCUT2D eigenvalue weighted by Gasteiger charge is -2.34. The zero-order valence-corrected chi connectivity index (χ0v) is 13.0. The lowest BCUT2D eigenvalue weighted by molar-refractivity contribution is 0.121. The standard InChI is InChI=1S/C16H24N4O/c1-19(16-5-3-4-15(12-17)18-16)13-14-6-8-20(9-7-14)10-11-21-2/h3-5,14H,6-11,13H2,1-2H3. The van der Waals surface area contributed by atoms with Crippen LogP contribution in [0.2, 0.25) is 0 Å². The molecule has 0 N–H and O–H groups in total. The number of pyridine rings is 1. The van der Waals surface area contributed by atoms with E-state index in [1.807, 2.05) is 12.1 Å². The van der Waals surface area contributed by atoms with Gasteiger partial charge in [0.2, 0.25) is 0 Å². The van der Waals surface area contributed by atoms with Crippen molar-refractivity contribution in [3.05, 3.63) is 23.9 Å². The first kappa shape index (κ1) is 15.7. The van der Waals surface area contributed by atoms with E-state index in [-0.39, 0.29) is 0 Å². The summed E-state index contributed by atoms with van der Waals surface area (Å²) in [5.74, 6) is 1.58. The fourth-order valence-corrected chi connectivity index (χ4v) is 2.79. The molecule has 0 unspecified atom stereocenters. The highest BCUT2D eigenvalue weighted by molar-refractivity contribution is 5.40. The number of nitrogens with zero attached hydrogens (tertiary/aromatic N) is 4. The molecule has 21 heavy (non-hydrogen) atoms. The number of anilines is 1. The number of nitriles is 1. The number of methoxy groups -OCH3 is 1. The van der Waals surface area contributed by atoms with E-state index in [2.05, 4.69) is 27.9 Å². The Kier molecular flexibility index (Phi) is 5.97. The zero-order valence-electron chi connectivity index (χ0n) is 13.0. The quantitative estimate of drug-likeness (QED) is 0.798. The van der Waals surface area contributed by atoms with Crippen molar-refractivity contribution in [3.8, 4) is 6.07 Å². The smallest absolute Gasteiger partial charge is 0.142 e. The second kappa shape index (κ2) is 7.96. The van der Waals surface area contributed by atoms with Crippen LogP contribution in [0.5, 0.6) is 0 Å².